The highest BCUT2D eigenvalue weighted by Crippen LogP contribution is 2.26. The van der Waals surface area contributed by atoms with Gasteiger partial charge in [0.05, 0.1) is 12.5 Å². The third-order valence-corrected chi connectivity index (χ3v) is 7.66. The summed E-state index contributed by atoms with van der Waals surface area (Å²) in [6.45, 7) is 2.72. The van der Waals surface area contributed by atoms with Crippen LogP contribution < -0.4 is 10.6 Å². The van der Waals surface area contributed by atoms with Crippen LogP contribution in [0.1, 0.15) is 16.7 Å². The molecule has 1 atom stereocenters. The van der Waals surface area contributed by atoms with Gasteiger partial charge in [-0.15, -0.1) is 0 Å². The van der Waals surface area contributed by atoms with Crippen LogP contribution in [-0.4, -0.2) is 71.4 Å². The fourth-order valence-electron chi connectivity index (χ4n) is 5.15. The van der Waals surface area contributed by atoms with Gasteiger partial charge in [0, 0.05) is 53.8 Å². The van der Waals surface area contributed by atoms with E-state index >= 15 is 0 Å². The molecule has 1 unspecified atom stereocenters. The van der Waals surface area contributed by atoms with Gasteiger partial charge in [-0.2, -0.15) is 0 Å². The van der Waals surface area contributed by atoms with E-state index in [-0.39, 0.29) is 36.9 Å². The zero-order valence-corrected chi connectivity index (χ0v) is 21.8. The Bertz CT molecular complexity index is 1300. The van der Waals surface area contributed by atoms with Gasteiger partial charge in [-0.3, -0.25) is 19.3 Å². The van der Waals surface area contributed by atoms with Gasteiger partial charge in [0.15, 0.2) is 0 Å². The number of hydrogen-bond acceptors (Lipinski definition) is 4. The molecular weight excluding hydrogens is 522 g/mol. The van der Waals surface area contributed by atoms with Crippen molar-refractivity contribution in [1.82, 2.24) is 25.0 Å². The first-order chi connectivity index (χ1) is 17.4. The second kappa shape index (κ2) is 10.4. The summed E-state index contributed by atoms with van der Waals surface area (Å²) in [6, 6.07) is 14.6. The topological polar surface area (TPSA) is 86.7 Å². The molecule has 0 spiro atoms. The molecule has 2 aliphatic heterocycles. The molecule has 3 amide bonds. The van der Waals surface area contributed by atoms with Gasteiger partial charge in [0.1, 0.15) is 6.54 Å². The molecule has 36 heavy (non-hydrogen) atoms. The molecule has 5 rings (SSSR count). The first-order valence-corrected chi connectivity index (χ1v) is 13.0. The number of nitrogens with zero attached hydrogens (tertiary/aromatic N) is 3. The van der Waals surface area contributed by atoms with Gasteiger partial charge in [-0.1, -0.05) is 40.2 Å². The standard InChI is InChI=1S/C27H30BrN5O3/c1-31-12-19-5-3-2-4-18(19)8-23(31)11-29-26(35)9-20-13-33(25-7-6-21(28)10-24(20)25)16-27(36)30-22-14-32(15-22)17-34/h2-7,10,13,17,22-23H,8-9,11-12,14-16H2,1H3,(H,29,35)(H,30,36). The van der Waals surface area contributed by atoms with Crippen molar-refractivity contribution < 1.29 is 14.4 Å². The quantitative estimate of drug-likeness (QED) is 0.419. The normalized spacial score (nSPS) is 17.9. The van der Waals surface area contributed by atoms with E-state index in [1.165, 1.54) is 11.1 Å². The number of rotatable bonds is 8. The molecule has 1 aromatic heterocycles. The number of halogens is 1. The van der Waals surface area contributed by atoms with Crippen molar-refractivity contribution in [1.29, 1.82) is 0 Å². The fourth-order valence-corrected chi connectivity index (χ4v) is 5.51. The van der Waals surface area contributed by atoms with Crippen molar-refractivity contribution in [3.8, 4) is 0 Å². The summed E-state index contributed by atoms with van der Waals surface area (Å²) in [4.78, 5) is 40.2. The van der Waals surface area contributed by atoms with E-state index < -0.39 is 0 Å². The van der Waals surface area contributed by atoms with Gasteiger partial charge in [0.2, 0.25) is 18.2 Å². The Balaban J connectivity index is 1.23. The highest BCUT2D eigenvalue weighted by Gasteiger charge is 2.27. The lowest BCUT2D eigenvalue weighted by Crippen LogP contribution is -2.58. The minimum atomic E-state index is -0.109. The van der Waals surface area contributed by atoms with Crippen molar-refractivity contribution in [2.75, 3.05) is 26.7 Å². The summed E-state index contributed by atoms with van der Waals surface area (Å²) in [6.07, 6.45) is 3.85. The molecule has 0 saturated carbocycles. The monoisotopic (exact) mass is 551 g/mol. The first-order valence-electron chi connectivity index (χ1n) is 12.2. The summed E-state index contributed by atoms with van der Waals surface area (Å²) in [7, 11) is 2.10. The van der Waals surface area contributed by atoms with Crippen LogP contribution in [0.2, 0.25) is 0 Å². The second-order valence-electron chi connectivity index (χ2n) is 9.79. The number of carbonyl (C=O) groups excluding carboxylic acids is 3. The van der Waals surface area contributed by atoms with Gasteiger partial charge in [0.25, 0.3) is 0 Å². The van der Waals surface area contributed by atoms with Crippen molar-refractivity contribution in [2.45, 2.75) is 38.0 Å². The van der Waals surface area contributed by atoms with Crippen molar-refractivity contribution in [3.05, 3.63) is 69.8 Å². The van der Waals surface area contributed by atoms with Crippen LogP contribution in [0.4, 0.5) is 0 Å². The van der Waals surface area contributed by atoms with Crippen LogP contribution in [-0.2, 0) is 40.3 Å². The Morgan fingerprint density at radius 3 is 2.67 bits per heavy atom. The van der Waals surface area contributed by atoms with Crippen molar-refractivity contribution >= 4 is 45.1 Å². The number of benzene rings is 2. The number of nitrogens with one attached hydrogen (secondary N) is 2. The van der Waals surface area contributed by atoms with Gasteiger partial charge >= 0.3 is 0 Å². The Kier molecular flexibility index (Phi) is 7.11. The Hall–Kier alpha value is -3.17. The van der Waals surface area contributed by atoms with E-state index in [1.807, 2.05) is 29.0 Å². The predicted octanol–water partition coefficient (Wildman–Crippen LogP) is 2.08. The molecule has 188 valence electrons. The molecule has 0 radical (unpaired) electrons. The van der Waals surface area contributed by atoms with Gasteiger partial charge in [-0.05, 0) is 48.4 Å². The molecule has 0 aliphatic carbocycles. The summed E-state index contributed by atoms with van der Waals surface area (Å²) < 4.78 is 2.81. The number of likely N-dealkylation sites (tertiary alicyclic amines) is 1. The number of aromatic nitrogens is 1. The lowest BCUT2D eigenvalue weighted by molar-refractivity contribution is -0.128. The highest BCUT2D eigenvalue weighted by molar-refractivity contribution is 9.10. The lowest BCUT2D eigenvalue weighted by Gasteiger charge is -2.36. The maximum Gasteiger partial charge on any atom is 0.240 e. The summed E-state index contributed by atoms with van der Waals surface area (Å²) in [5, 5.41) is 7.05. The van der Waals surface area contributed by atoms with E-state index in [1.54, 1.807) is 4.90 Å². The average molecular weight is 552 g/mol. The third kappa shape index (κ3) is 5.32. The molecule has 3 aromatic rings. The van der Waals surface area contributed by atoms with Crippen LogP contribution in [0.15, 0.2) is 53.1 Å². The number of amides is 3. The van der Waals surface area contributed by atoms with E-state index in [0.29, 0.717) is 19.6 Å². The van der Waals surface area contributed by atoms with Crippen LogP contribution in [0.5, 0.6) is 0 Å². The third-order valence-electron chi connectivity index (χ3n) is 7.17. The van der Waals surface area contributed by atoms with Crippen LogP contribution in [0.3, 0.4) is 0 Å². The predicted molar refractivity (Wildman–Crippen MR) is 141 cm³/mol. The van der Waals surface area contributed by atoms with E-state index in [2.05, 4.69) is 62.8 Å². The van der Waals surface area contributed by atoms with Crippen LogP contribution in [0, 0.1) is 0 Å². The second-order valence-corrected chi connectivity index (χ2v) is 10.7. The average Bonchev–Trinajstić information content (AvgIpc) is 3.15. The molecule has 1 fully saturated rings. The van der Waals surface area contributed by atoms with Crippen LogP contribution in [0.25, 0.3) is 10.9 Å². The maximum atomic E-state index is 13.0. The van der Waals surface area contributed by atoms with E-state index in [0.717, 1.165) is 40.3 Å². The zero-order valence-electron chi connectivity index (χ0n) is 20.2. The molecular formula is C27H30BrN5O3. The smallest absolute Gasteiger partial charge is 0.240 e. The molecule has 1 saturated heterocycles. The zero-order chi connectivity index (χ0) is 25.2. The first kappa shape index (κ1) is 24.5. The van der Waals surface area contributed by atoms with Gasteiger partial charge < -0.3 is 20.1 Å². The highest BCUT2D eigenvalue weighted by atomic mass is 79.9. The lowest BCUT2D eigenvalue weighted by atomic mass is 9.94. The molecule has 9 heteroatoms. The Labute approximate surface area is 218 Å². The molecule has 0 bridgehead atoms. The molecule has 2 aromatic carbocycles. The molecule has 3 heterocycles. The Morgan fingerprint density at radius 2 is 1.89 bits per heavy atom. The largest absolute Gasteiger partial charge is 0.354 e. The number of fused-ring (bicyclic) bond motifs is 2. The summed E-state index contributed by atoms with van der Waals surface area (Å²) in [5.41, 5.74) is 4.49. The van der Waals surface area contributed by atoms with Gasteiger partial charge in [-0.25, -0.2) is 0 Å². The maximum absolute atomic E-state index is 13.0. The number of hydrogen-bond donors (Lipinski definition) is 2. The summed E-state index contributed by atoms with van der Waals surface area (Å²) in [5.74, 6) is -0.142. The minimum Gasteiger partial charge on any atom is -0.354 e. The molecule has 2 aliphatic rings. The van der Waals surface area contributed by atoms with Crippen molar-refractivity contribution in [2.24, 2.45) is 0 Å². The number of carbonyl (C=O) groups is 3. The van der Waals surface area contributed by atoms with E-state index in [4.69, 9.17) is 0 Å². The van der Waals surface area contributed by atoms with E-state index in [9.17, 15) is 14.4 Å². The minimum absolute atomic E-state index is 0.00574. The fraction of sp³-hybridized carbons (Fsp3) is 0.370. The molecule has 2 N–H and O–H groups in total. The Morgan fingerprint density at radius 1 is 1.11 bits per heavy atom. The number of likely N-dealkylation sites (N-methyl/N-ethyl adjacent to an activating group) is 1. The molecule has 8 nitrogen and oxygen atoms in total. The SMILES string of the molecule is CN1Cc2ccccc2CC1CNC(=O)Cc1cn(CC(=O)NC2CN(C=O)C2)c2ccc(Br)cc12. The summed E-state index contributed by atoms with van der Waals surface area (Å²) >= 11 is 3.53. The van der Waals surface area contributed by atoms with Crippen LogP contribution >= 0.6 is 15.9 Å². The van der Waals surface area contributed by atoms with Crippen molar-refractivity contribution in [3.63, 3.8) is 0 Å².